The minimum Gasteiger partial charge on any atom is -0.370 e. The van der Waals surface area contributed by atoms with Gasteiger partial charge in [-0.05, 0) is 41.5 Å². The minimum atomic E-state index is -2.98. The van der Waals surface area contributed by atoms with Gasteiger partial charge in [0.05, 0.1) is 5.75 Å². The summed E-state index contributed by atoms with van der Waals surface area (Å²) in [5, 5.41) is 5.45. The van der Waals surface area contributed by atoms with Crippen molar-refractivity contribution in [3.8, 4) is 0 Å². The van der Waals surface area contributed by atoms with Gasteiger partial charge in [-0.1, -0.05) is 33.3 Å². The monoisotopic (exact) mass is 528 g/mol. The van der Waals surface area contributed by atoms with Gasteiger partial charge in [0.1, 0.15) is 28.1 Å². The lowest BCUT2D eigenvalue weighted by molar-refractivity contribution is 0.445. The van der Waals surface area contributed by atoms with Gasteiger partial charge in [0, 0.05) is 61.8 Å². The van der Waals surface area contributed by atoms with E-state index in [1.54, 1.807) is 12.3 Å². The number of benzene rings is 1. The predicted molar refractivity (Wildman–Crippen MR) is 150 cm³/mol. The van der Waals surface area contributed by atoms with Gasteiger partial charge in [-0.15, -0.1) is 0 Å². The Morgan fingerprint density at radius 1 is 1.14 bits per heavy atom. The Kier molecular flexibility index (Phi) is 8.46. The molecule has 3 aromatic rings. The molecule has 1 aliphatic heterocycles. The number of alkyl halides is 1. The molecule has 3 heterocycles. The first-order valence-electron chi connectivity index (χ1n) is 12.9. The van der Waals surface area contributed by atoms with Crippen LogP contribution in [0.25, 0.3) is 10.8 Å². The van der Waals surface area contributed by atoms with Gasteiger partial charge in [0.15, 0.2) is 0 Å². The molecule has 0 aliphatic carbocycles. The zero-order chi connectivity index (χ0) is 26.6. The molecule has 1 aliphatic rings. The molecule has 0 atom stereocenters. The molecule has 37 heavy (non-hydrogen) atoms. The molecule has 1 fully saturated rings. The van der Waals surface area contributed by atoms with Crippen LogP contribution in [0, 0.1) is 5.92 Å². The highest BCUT2D eigenvalue weighted by molar-refractivity contribution is 7.90. The second kappa shape index (κ2) is 11.6. The fraction of sp³-hybridized carbons (Fsp3) is 0.519. The van der Waals surface area contributed by atoms with E-state index in [4.69, 9.17) is 0 Å². The summed E-state index contributed by atoms with van der Waals surface area (Å²) in [6.07, 6.45) is 6.81. The van der Waals surface area contributed by atoms with Crippen molar-refractivity contribution >= 4 is 43.9 Å². The van der Waals surface area contributed by atoms with E-state index in [9.17, 15) is 12.8 Å². The summed E-state index contributed by atoms with van der Waals surface area (Å²) in [6.45, 7) is 8.40. The van der Waals surface area contributed by atoms with Crippen LogP contribution in [-0.4, -0.2) is 68.2 Å². The summed E-state index contributed by atoms with van der Waals surface area (Å²) < 4.78 is 36.5. The van der Waals surface area contributed by atoms with Crippen molar-refractivity contribution in [2.75, 3.05) is 60.0 Å². The smallest absolute Gasteiger partial charge is 0.227 e. The van der Waals surface area contributed by atoms with Crippen molar-refractivity contribution in [1.29, 1.82) is 0 Å². The molecule has 8 nitrogen and oxygen atoms in total. The maximum Gasteiger partial charge on any atom is 0.227 e. The average Bonchev–Trinajstić information content (AvgIpc) is 2.82. The van der Waals surface area contributed by atoms with E-state index < -0.39 is 16.5 Å². The number of unbranched alkanes of at least 4 members (excludes halogenated alkanes) is 1. The molecule has 1 N–H and O–H groups in total. The Labute approximate surface area is 219 Å². The molecule has 200 valence electrons. The number of anilines is 4. The first kappa shape index (κ1) is 27.0. The lowest BCUT2D eigenvalue weighted by Crippen LogP contribution is -2.49. The van der Waals surface area contributed by atoms with Gasteiger partial charge in [0.25, 0.3) is 0 Å². The zero-order valence-electron chi connectivity index (χ0n) is 22.1. The number of nitrogens with one attached hydrogen (secondary N) is 1. The van der Waals surface area contributed by atoms with Gasteiger partial charge >= 0.3 is 0 Å². The van der Waals surface area contributed by atoms with Crippen molar-refractivity contribution in [3.63, 3.8) is 0 Å². The van der Waals surface area contributed by atoms with Crippen molar-refractivity contribution in [2.45, 2.75) is 39.5 Å². The Bertz CT molecular complexity index is 1330. The van der Waals surface area contributed by atoms with E-state index in [1.165, 1.54) is 11.8 Å². The molecule has 0 radical (unpaired) electrons. The summed E-state index contributed by atoms with van der Waals surface area (Å²) in [6, 6.07) is 8.10. The topological polar surface area (TPSA) is 91.3 Å². The van der Waals surface area contributed by atoms with Crippen molar-refractivity contribution in [2.24, 2.45) is 5.92 Å². The molecule has 1 saturated heterocycles. The standard InChI is InChI=1S/C27H37FN6O2S/c1-5-6-12-33(13-10-28)27-29-11-9-25(32-27)31-26-14-22-21(19(2)3)7-8-24(23(22)15-30-26)34-16-20(17-34)18-37(4,35)36/h7-9,11,14-15,19-20H,5-6,10,12-13,16-18H2,1-4H3,(H,29,30,31,32). The molecule has 0 saturated carbocycles. The Balaban J connectivity index is 1.59. The number of nitrogens with zero attached hydrogens (tertiary/aromatic N) is 5. The molecule has 10 heteroatoms. The molecule has 0 spiro atoms. The molecule has 0 amide bonds. The van der Waals surface area contributed by atoms with E-state index in [0.29, 0.717) is 30.0 Å². The Hall–Kier alpha value is -3.01. The number of sulfone groups is 1. The molecule has 4 rings (SSSR count). The van der Waals surface area contributed by atoms with Gasteiger partial charge in [-0.2, -0.15) is 4.98 Å². The number of aromatic nitrogens is 3. The van der Waals surface area contributed by atoms with E-state index in [2.05, 4.69) is 58.1 Å². The third-order valence-corrected chi connectivity index (χ3v) is 7.76. The predicted octanol–water partition coefficient (Wildman–Crippen LogP) is 4.95. The van der Waals surface area contributed by atoms with Crippen LogP contribution in [0.5, 0.6) is 0 Å². The third kappa shape index (κ3) is 6.66. The van der Waals surface area contributed by atoms with E-state index >= 15 is 0 Å². The fourth-order valence-corrected chi connectivity index (χ4v) is 5.93. The van der Waals surface area contributed by atoms with Crippen LogP contribution >= 0.6 is 0 Å². The molecular formula is C27H37FN6O2S. The van der Waals surface area contributed by atoms with Crippen LogP contribution in [0.3, 0.4) is 0 Å². The molecule has 1 aromatic carbocycles. The van der Waals surface area contributed by atoms with Gasteiger partial charge < -0.3 is 15.1 Å². The normalized spacial score (nSPS) is 14.3. The summed E-state index contributed by atoms with van der Waals surface area (Å²) >= 11 is 0. The van der Waals surface area contributed by atoms with Crippen molar-refractivity contribution in [3.05, 3.63) is 42.2 Å². The molecule has 0 unspecified atom stereocenters. The number of rotatable bonds is 12. The van der Waals surface area contributed by atoms with E-state index in [1.807, 2.05) is 17.2 Å². The lowest BCUT2D eigenvalue weighted by Gasteiger charge is -2.41. The first-order valence-corrected chi connectivity index (χ1v) is 15.0. The largest absolute Gasteiger partial charge is 0.370 e. The van der Waals surface area contributed by atoms with Crippen LogP contribution < -0.4 is 15.1 Å². The summed E-state index contributed by atoms with van der Waals surface area (Å²) in [5.74, 6) is 2.47. The minimum absolute atomic E-state index is 0.157. The van der Waals surface area contributed by atoms with Gasteiger partial charge in [-0.3, -0.25) is 0 Å². The number of pyridine rings is 1. The maximum absolute atomic E-state index is 13.1. The van der Waals surface area contributed by atoms with E-state index in [0.717, 1.165) is 42.4 Å². The van der Waals surface area contributed by atoms with Crippen LogP contribution in [0.4, 0.5) is 27.7 Å². The quantitative estimate of drug-likeness (QED) is 0.353. The summed E-state index contributed by atoms with van der Waals surface area (Å²) in [4.78, 5) is 17.8. The second-order valence-corrected chi connectivity index (χ2v) is 12.4. The maximum atomic E-state index is 13.1. The number of hydrogen-bond donors (Lipinski definition) is 1. The van der Waals surface area contributed by atoms with Crippen LogP contribution in [0.15, 0.2) is 36.7 Å². The fourth-order valence-electron chi connectivity index (χ4n) is 4.86. The zero-order valence-corrected chi connectivity index (χ0v) is 22.9. The third-order valence-electron chi connectivity index (χ3n) is 6.69. The van der Waals surface area contributed by atoms with Gasteiger partial charge in [-0.25, -0.2) is 22.8 Å². The number of hydrogen-bond acceptors (Lipinski definition) is 8. The highest BCUT2D eigenvalue weighted by Crippen LogP contribution is 2.37. The first-order chi connectivity index (χ1) is 17.7. The SMILES string of the molecule is CCCCN(CCF)c1nccc(Nc2cc3c(C(C)C)ccc(N4CC(CS(C)(=O)=O)C4)c3cn2)n1. The second-order valence-electron chi connectivity index (χ2n) is 10.2. The summed E-state index contributed by atoms with van der Waals surface area (Å²) in [5.41, 5.74) is 2.29. The molecule has 2 aromatic heterocycles. The van der Waals surface area contributed by atoms with Crippen molar-refractivity contribution < 1.29 is 12.8 Å². The van der Waals surface area contributed by atoms with Crippen LogP contribution in [-0.2, 0) is 9.84 Å². The number of fused-ring (bicyclic) bond motifs is 1. The highest BCUT2D eigenvalue weighted by atomic mass is 32.2. The number of halogens is 1. The van der Waals surface area contributed by atoms with Crippen molar-refractivity contribution in [1.82, 2.24) is 15.0 Å². The molecular weight excluding hydrogens is 491 g/mol. The lowest BCUT2D eigenvalue weighted by atomic mass is 9.93. The summed E-state index contributed by atoms with van der Waals surface area (Å²) in [7, 11) is -2.98. The Morgan fingerprint density at radius 3 is 2.59 bits per heavy atom. The average molecular weight is 529 g/mol. The van der Waals surface area contributed by atoms with Gasteiger partial charge in [0.2, 0.25) is 5.95 Å². The highest BCUT2D eigenvalue weighted by Gasteiger charge is 2.31. The molecule has 0 bridgehead atoms. The van der Waals surface area contributed by atoms with Crippen LogP contribution in [0.2, 0.25) is 0 Å². The Morgan fingerprint density at radius 2 is 1.92 bits per heavy atom. The van der Waals surface area contributed by atoms with E-state index in [-0.39, 0.29) is 18.2 Å². The van der Waals surface area contributed by atoms with Crippen LogP contribution in [0.1, 0.15) is 45.1 Å².